The Balaban J connectivity index is 1.46. The smallest absolute Gasteiger partial charge is 0.0549 e. The van der Waals surface area contributed by atoms with Crippen molar-refractivity contribution < 1.29 is 0 Å². The molecule has 0 aromatic heterocycles. The highest BCUT2D eigenvalue weighted by Crippen LogP contribution is 2.57. The summed E-state index contributed by atoms with van der Waals surface area (Å²) in [5.41, 5.74) is 14.4. The maximum Gasteiger partial charge on any atom is 0.0549 e. The van der Waals surface area contributed by atoms with Gasteiger partial charge >= 0.3 is 0 Å². The minimum absolute atomic E-state index is 0.0187. The van der Waals surface area contributed by atoms with E-state index in [0.717, 1.165) is 5.69 Å². The Labute approximate surface area is 242 Å². The first-order valence-electron chi connectivity index (χ1n) is 14.6. The van der Waals surface area contributed by atoms with Crippen LogP contribution in [0.2, 0.25) is 0 Å². The number of benzene rings is 6. The molecule has 0 unspecified atom stereocenters. The van der Waals surface area contributed by atoms with Gasteiger partial charge in [-0.25, -0.2) is 0 Å². The highest BCUT2D eigenvalue weighted by molar-refractivity contribution is 6.06. The maximum atomic E-state index is 2.48. The van der Waals surface area contributed by atoms with Gasteiger partial charge in [-0.3, -0.25) is 0 Å². The summed E-state index contributed by atoms with van der Waals surface area (Å²) < 4.78 is 0. The van der Waals surface area contributed by atoms with Gasteiger partial charge < -0.3 is 4.90 Å². The van der Waals surface area contributed by atoms with Crippen molar-refractivity contribution >= 4 is 27.8 Å². The van der Waals surface area contributed by atoms with Gasteiger partial charge in [-0.2, -0.15) is 0 Å². The van der Waals surface area contributed by atoms with Crippen LogP contribution >= 0.6 is 0 Å². The molecule has 0 fully saturated rings. The standard InChI is InChI=1S/C40H33N/c1-39(2)33-20-12-10-18-30(33)32-25-28(22-23-35(32)39)41(27-15-6-5-7-16-27)36-24-26-14-8-9-17-29(26)38-37(36)31-19-11-13-21-34(31)40(38,3)4/h5-25H,1-4H3. The van der Waals surface area contributed by atoms with E-state index in [0.29, 0.717) is 0 Å². The van der Waals surface area contributed by atoms with E-state index in [1.165, 1.54) is 66.7 Å². The van der Waals surface area contributed by atoms with Gasteiger partial charge in [0, 0.05) is 27.8 Å². The van der Waals surface area contributed by atoms with Gasteiger partial charge in [0.15, 0.2) is 0 Å². The van der Waals surface area contributed by atoms with Crippen molar-refractivity contribution in [1.82, 2.24) is 0 Å². The molecule has 0 saturated carbocycles. The van der Waals surface area contributed by atoms with Gasteiger partial charge in [0.1, 0.15) is 0 Å². The number of hydrogen-bond donors (Lipinski definition) is 0. The zero-order chi connectivity index (χ0) is 27.9. The fraction of sp³-hybridized carbons (Fsp3) is 0.150. The van der Waals surface area contributed by atoms with E-state index in [9.17, 15) is 0 Å². The molecular weight excluding hydrogens is 494 g/mol. The van der Waals surface area contributed by atoms with Crippen LogP contribution in [0, 0.1) is 0 Å². The second kappa shape index (κ2) is 8.44. The lowest BCUT2D eigenvalue weighted by Gasteiger charge is -2.30. The van der Waals surface area contributed by atoms with Crippen LogP contribution in [0.4, 0.5) is 17.1 Å². The van der Waals surface area contributed by atoms with E-state index in [-0.39, 0.29) is 10.8 Å². The topological polar surface area (TPSA) is 3.24 Å². The van der Waals surface area contributed by atoms with E-state index >= 15 is 0 Å². The number of nitrogens with zero attached hydrogens (tertiary/aromatic N) is 1. The van der Waals surface area contributed by atoms with Crippen LogP contribution in [0.5, 0.6) is 0 Å². The average Bonchev–Trinajstić information content (AvgIpc) is 3.38. The van der Waals surface area contributed by atoms with Crippen molar-refractivity contribution in [2.75, 3.05) is 4.90 Å². The third-order valence-electron chi connectivity index (χ3n) is 9.60. The predicted octanol–water partition coefficient (Wildman–Crippen LogP) is 10.9. The molecule has 0 amide bonds. The van der Waals surface area contributed by atoms with Crippen molar-refractivity contribution in [2.45, 2.75) is 38.5 Å². The van der Waals surface area contributed by atoms with Crippen LogP contribution < -0.4 is 4.90 Å². The average molecular weight is 528 g/mol. The monoisotopic (exact) mass is 527 g/mol. The first kappa shape index (κ1) is 24.2. The Hall–Kier alpha value is -4.62. The van der Waals surface area contributed by atoms with Crippen LogP contribution in [0.15, 0.2) is 127 Å². The van der Waals surface area contributed by atoms with Crippen molar-refractivity contribution in [2.24, 2.45) is 0 Å². The van der Waals surface area contributed by atoms with Gasteiger partial charge in [0.05, 0.1) is 5.69 Å². The second-order valence-electron chi connectivity index (χ2n) is 12.6. The molecule has 0 atom stereocenters. The summed E-state index contributed by atoms with van der Waals surface area (Å²) in [7, 11) is 0. The lowest BCUT2D eigenvalue weighted by atomic mass is 9.80. The van der Waals surface area contributed by atoms with Crippen molar-refractivity contribution in [1.29, 1.82) is 0 Å². The highest BCUT2D eigenvalue weighted by Gasteiger charge is 2.40. The fourth-order valence-corrected chi connectivity index (χ4v) is 7.66. The third kappa shape index (κ3) is 3.29. The van der Waals surface area contributed by atoms with Crippen molar-refractivity contribution in [3.05, 3.63) is 150 Å². The molecule has 0 N–H and O–H groups in total. The van der Waals surface area contributed by atoms with Crippen LogP contribution in [0.3, 0.4) is 0 Å². The molecule has 0 heterocycles. The largest absolute Gasteiger partial charge is 0.310 e. The fourth-order valence-electron chi connectivity index (χ4n) is 7.66. The molecular formula is C40H33N. The summed E-state index contributed by atoms with van der Waals surface area (Å²) in [6.07, 6.45) is 0. The number of anilines is 3. The molecule has 6 aromatic carbocycles. The Morgan fingerprint density at radius 3 is 1.85 bits per heavy atom. The minimum Gasteiger partial charge on any atom is -0.310 e. The number of para-hydroxylation sites is 1. The molecule has 0 aliphatic heterocycles. The summed E-state index contributed by atoms with van der Waals surface area (Å²) in [6, 6.07) is 47.2. The lowest BCUT2D eigenvalue weighted by molar-refractivity contribution is 0.660. The van der Waals surface area contributed by atoms with Crippen LogP contribution in [-0.4, -0.2) is 0 Å². The molecule has 2 aliphatic carbocycles. The van der Waals surface area contributed by atoms with E-state index < -0.39 is 0 Å². The Morgan fingerprint density at radius 1 is 0.463 bits per heavy atom. The minimum atomic E-state index is -0.106. The molecule has 41 heavy (non-hydrogen) atoms. The number of rotatable bonds is 3. The first-order chi connectivity index (χ1) is 19.9. The zero-order valence-corrected chi connectivity index (χ0v) is 24.1. The number of hydrogen-bond acceptors (Lipinski definition) is 1. The summed E-state index contributed by atoms with van der Waals surface area (Å²) in [6.45, 7) is 9.47. The first-order valence-corrected chi connectivity index (χ1v) is 14.6. The molecule has 0 bridgehead atoms. The molecule has 8 rings (SSSR count). The molecule has 2 aliphatic rings. The van der Waals surface area contributed by atoms with Crippen LogP contribution in [0.1, 0.15) is 49.9 Å². The molecule has 1 heteroatoms. The normalized spacial score (nSPS) is 15.2. The summed E-state index contributed by atoms with van der Waals surface area (Å²) in [5.74, 6) is 0. The van der Waals surface area contributed by atoms with E-state index in [2.05, 4.69) is 160 Å². The SMILES string of the molecule is CC1(C)c2ccccc2-c2cc(N(c3ccccc3)c3cc4ccccc4c4c3-c3ccccc3C4(C)C)ccc21. The summed E-state index contributed by atoms with van der Waals surface area (Å²) in [4.78, 5) is 2.48. The van der Waals surface area contributed by atoms with E-state index in [1.807, 2.05) is 0 Å². The Kier molecular flexibility index (Phi) is 4.98. The summed E-state index contributed by atoms with van der Waals surface area (Å²) >= 11 is 0. The zero-order valence-electron chi connectivity index (χ0n) is 24.1. The van der Waals surface area contributed by atoms with Crippen LogP contribution in [-0.2, 0) is 10.8 Å². The van der Waals surface area contributed by atoms with E-state index in [4.69, 9.17) is 0 Å². The van der Waals surface area contributed by atoms with Gasteiger partial charge in [-0.15, -0.1) is 0 Å². The van der Waals surface area contributed by atoms with Crippen molar-refractivity contribution in [3.63, 3.8) is 0 Å². The number of fused-ring (bicyclic) bond motifs is 8. The van der Waals surface area contributed by atoms with Crippen molar-refractivity contribution in [3.8, 4) is 22.3 Å². The molecule has 0 spiro atoms. The Morgan fingerprint density at radius 2 is 1.07 bits per heavy atom. The molecule has 0 saturated heterocycles. The molecule has 6 aromatic rings. The van der Waals surface area contributed by atoms with Gasteiger partial charge in [-0.05, 0) is 80.0 Å². The predicted molar refractivity (Wildman–Crippen MR) is 174 cm³/mol. The van der Waals surface area contributed by atoms with Gasteiger partial charge in [0.2, 0.25) is 0 Å². The summed E-state index contributed by atoms with van der Waals surface area (Å²) in [5, 5.41) is 2.61. The van der Waals surface area contributed by atoms with E-state index in [1.54, 1.807) is 0 Å². The van der Waals surface area contributed by atoms with Crippen LogP contribution in [0.25, 0.3) is 33.0 Å². The lowest BCUT2D eigenvalue weighted by Crippen LogP contribution is -2.17. The maximum absolute atomic E-state index is 2.48. The molecule has 1 nitrogen and oxygen atoms in total. The van der Waals surface area contributed by atoms with Gasteiger partial charge in [-0.1, -0.05) is 125 Å². The quantitative estimate of drug-likeness (QED) is 0.221. The highest BCUT2D eigenvalue weighted by atomic mass is 15.1. The molecule has 0 radical (unpaired) electrons. The second-order valence-corrected chi connectivity index (χ2v) is 12.6. The molecule has 198 valence electrons. The Bertz CT molecular complexity index is 1990. The third-order valence-corrected chi connectivity index (χ3v) is 9.60. The van der Waals surface area contributed by atoms with Gasteiger partial charge in [0.25, 0.3) is 0 Å².